The topological polar surface area (TPSA) is 20.2 Å². The molecule has 1 heteroatoms. The highest BCUT2D eigenvalue weighted by atomic mass is 16.3. The number of aliphatic hydroxyl groups is 1. The normalized spacial score (nSPS) is 47.3. The van der Waals surface area contributed by atoms with Gasteiger partial charge in [-0.15, -0.1) is 0 Å². The predicted molar refractivity (Wildman–Crippen MR) is 72.8 cm³/mol. The first-order valence-corrected chi connectivity index (χ1v) is 7.45. The van der Waals surface area contributed by atoms with Crippen LogP contribution in [0.5, 0.6) is 0 Å². The second kappa shape index (κ2) is 4.26. The zero-order chi connectivity index (χ0) is 12.8. The third-order valence-electron chi connectivity index (χ3n) is 6.37. The summed E-state index contributed by atoms with van der Waals surface area (Å²) in [5.41, 5.74) is 0.620. The third-order valence-corrected chi connectivity index (χ3v) is 6.37. The van der Waals surface area contributed by atoms with Gasteiger partial charge < -0.3 is 5.11 Å². The minimum absolute atomic E-state index is 0.135. The summed E-state index contributed by atoms with van der Waals surface area (Å²) in [5.74, 6) is 2.41. The first-order valence-electron chi connectivity index (χ1n) is 7.45. The van der Waals surface area contributed by atoms with Crippen molar-refractivity contribution >= 4 is 0 Å². The maximum atomic E-state index is 10.2. The molecule has 0 saturated heterocycles. The van der Waals surface area contributed by atoms with Crippen molar-refractivity contribution < 1.29 is 5.11 Å². The zero-order valence-electron chi connectivity index (χ0n) is 12.3. The number of hydrogen-bond donors (Lipinski definition) is 1. The van der Waals surface area contributed by atoms with Crippen LogP contribution in [0.1, 0.15) is 66.7 Å². The first-order chi connectivity index (χ1) is 7.77. The maximum absolute atomic E-state index is 10.2. The highest BCUT2D eigenvalue weighted by Gasteiger charge is 2.50. The molecule has 2 rings (SSSR count). The molecule has 2 aliphatic rings. The molecule has 0 aliphatic heterocycles. The van der Waals surface area contributed by atoms with Gasteiger partial charge in [-0.3, -0.25) is 0 Å². The standard InChI is InChI=1S/C16H30O/c1-11-9-13-7-6-8-15(3,4)14(13)10-16(11,5)12(2)17/h11-14,17H,6-10H2,1-5H3/t11-,12+,13-,14-,16-/m1/s1. The number of aliphatic hydroxyl groups excluding tert-OH is 1. The van der Waals surface area contributed by atoms with Gasteiger partial charge in [-0.1, -0.05) is 40.5 Å². The summed E-state index contributed by atoms with van der Waals surface area (Å²) >= 11 is 0. The van der Waals surface area contributed by atoms with E-state index < -0.39 is 0 Å². The van der Waals surface area contributed by atoms with Crippen molar-refractivity contribution in [3.05, 3.63) is 0 Å². The maximum Gasteiger partial charge on any atom is 0.0568 e. The summed E-state index contributed by atoms with van der Waals surface area (Å²) in [5, 5.41) is 10.2. The lowest BCUT2D eigenvalue weighted by Crippen LogP contribution is -2.49. The fourth-order valence-corrected chi connectivity index (χ4v) is 4.55. The molecule has 0 heterocycles. The number of fused-ring (bicyclic) bond motifs is 1. The molecule has 17 heavy (non-hydrogen) atoms. The Hall–Kier alpha value is -0.0400. The van der Waals surface area contributed by atoms with Gasteiger partial charge >= 0.3 is 0 Å². The third kappa shape index (κ3) is 2.16. The van der Waals surface area contributed by atoms with E-state index in [1.807, 2.05) is 6.92 Å². The highest BCUT2D eigenvalue weighted by Crippen LogP contribution is 2.57. The van der Waals surface area contributed by atoms with E-state index >= 15 is 0 Å². The van der Waals surface area contributed by atoms with Gasteiger partial charge in [0.05, 0.1) is 6.10 Å². The number of rotatable bonds is 1. The second-order valence-corrected chi connectivity index (χ2v) is 7.77. The molecule has 0 unspecified atom stereocenters. The van der Waals surface area contributed by atoms with Crippen LogP contribution in [-0.4, -0.2) is 11.2 Å². The van der Waals surface area contributed by atoms with E-state index in [0.717, 1.165) is 11.8 Å². The van der Waals surface area contributed by atoms with Gasteiger partial charge in [0.2, 0.25) is 0 Å². The van der Waals surface area contributed by atoms with Crippen LogP contribution in [-0.2, 0) is 0 Å². The summed E-state index contributed by atoms with van der Waals surface area (Å²) in [6, 6.07) is 0. The van der Waals surface area contributed by atoms with Crippen molar-refractivity contribution in [3.8, 4) is 0 Å². The average Bonchev–Trinajstić information content (AvgIpc) is 2.21. The number of hydrogen-bond acceptors (Lipinski definition) is 1. The van der Waals surface area contributed by atoms with E-state index in [2.05, 4.69) is 27.7 Å². The van der Waals surface area contributed by atoms with Crippen molar-refractivity contribution in [2.75, 3.05) is 0 Å². The van der Waals surface area contributed by atoms with Gasteiger partial charge in [0.1, 0.15) is 0 Å². The quantitative estimate of drug-likeness (QED) is 0.724. The summed E-state index contributed by atoms with van der Waals surface area (Å²) in [6.07, 6.45) is 6.59. The molecule has 2 saturated carbocycles. The van der Waals surface area contributed by atoms with Crippen molar-refractivity contribution in [1.82, 2.24) is 0 Å². The van der Waals surface area contributed by atoms with E-state index in [0.29, 0.717) is 11.3 Å². The zero-order valence-corrected chi connectivity index (χ0v) is 12.3. The van der Waals surface area contributed by atoms with Crippen LogP contribution >= 0.6 is 0 Å². The van der Waals surface area contributed by atoms with E-state index in [1.165, 1.54) is 32.1 Å². The van der Waals surface area contributed by atoms with Crippen molar-refractivity contribution in [2.24, 2.45) is 28.6 Å². The monoisotopic (exact) mass is 238 g/mol. The molecular formula is C16H30O. The van der Waals surface area contributed by atoms with E-state index in [9.17, 15) is 5.11 Å². The summed E-state index contributed by atoms with van der Waals surface area (Å²) in [7, 11) is 0. The SMILES string of the molecule is C[C@H](O)[C@]1(C)C[C@@H]2[C@H](CCCC2(C)C)C[C@H]1C. The van der Waals surface area contributed by atoms with Crippen molar-refractivity contribution in [2.45, 2.75) is 72.8 Å². The molecule has 0 bridgehead atoms. The molecule has 1 N–H and O–H groups in total. The Morgan fingerprint density at radius 2 is 1.88 bits per heavy atom. The van der Waals surface area contributed by atoms with Crippen LogP contribution in [0.25, 0.3) is 0 Å². The molecule has 0 spiro atoms. The summed E-state index contributed by atoms with van der Waals surface area (Å²) < 4.78 is 0. The molecular weight excluding hydrogens is 208 g/mol. The van der Waals surface area contributed by atoms with Crippen LogP contribution in [0.2, 0.25) is 0 Å². The van der Waals surface area contributed by atoms with Crippen LogP contribution in [0.15, 0.2) is 0 Å². The average molecular weight is 238 g/mol. The predicted octanol–water partition coefficient (Wildman–Crippen LogP) is 4.25. The fourth-order valence-electron chi connectivity index (χ4n) is 4.55. The van der Waals surface area contributed by atoms with E-state index in [4.69, 9.17) is 0 Å². The van der Waals surface area contributed by atoms with Crippen molar-refractivity contribution in [3.63, 3.8) is 0 Å². The van der Waals surface area contributed by atoms with Gasteiger partial charge in [0, 0.05) is 0 Å². The second-order valence-electron chi connectivity index (χ2n) is 7.77. The Morgan fingerprint density at radius 3 is 2.47 bits per heavy atom. The molecule has 1 nitrogen and oxygen atoms in total. The molecule has 2 aliphatic carbocycles. The molecule has 0 aromatic heterocycles. The van der Waals surface area contributed by atoms with E-state index in [1.54, 1.807) is 0 Å². The highest BCUT2D eigenvalue weighted by molar-refractivity contribution is 5.00. The first kappa shape index (κ1) is 13.4. The molecule has 0 aromatic carbocycles. The Morgan fingerprint density at radius 1 is 1.24 bits per heavy atom. The van der Waals surface area contributed by atoms with Crippen LogP contribution in [0.3, 0.4) is 0 Å². The Labute approximate surface area is 107 Å². The van der Waals surface area contributed by atoms with Crippen molar-refractivity contribution in [1.29, 1.82) is 0 Å². The minimum Gasteiger partial charge on any atom is -0.393 e. The van der Waals surface area contributed by atoms with Crippen LogP contribution in [0, 0.1) is 28.6 Å². The molecule has 5 atom stereocenters. The van der Waals surface area contributed by atoms with Gasteiger partial charge in [0.25, 0.3) is 0 Å². The summed E-state index contributed by atoms with van der Waals surface area (Å²) in [6.45, 7) is 11.5. The molecule has 2 fully saturated rings. The van der Waals surface area contributed by atoms with Gasteiger partial charge in [-0.2, -0.15) is 0 Å². The molecule has 0 amide bonds. The molecule has 0 radical (unpaired) electrons. The van der Waals surface area contributed by atoms with Gasteiger partial charge in [-0.25, -0.2) is 0 Å². The van der Waals surface area contributed by atoms with Gasteiger partial charge in [-0.05, 0) is 54.8 Å². The van der Waals surface area contributed by atoms with Crippen LogP contribution < -0.4 is 0 Å². The minimum atomic E-state index is -0.170. The fraction of sp³-hybridized carbons (Fsp3) is 1.00. The molecule has 0 aromatic rings. The Bertz CT molecular complexity index is 281. The van der Waals surface area contributed by atoms with Gasteiger partial charge in [0.15, 0.2) is 0 Å². The Balaban J connectivity index is 2.23. The summed E-state index contributed by atoms with van der Waals surface area (Å²) in [4.78, 5) is 0. The Kier molecular flexibility index (Phi) is 3.36. The van der Waals surface area contributed by atoms with E-state index in [-0.39, 0.29) is 11.5 Å². The largest absolute Gasteiger partial charge is 0.393 e. The molecule has 100 valence electrons. The van der Waals surface area contributed by atoms with Crippen LogP contribution in [0.4, 0.5) is 0 Å². The lowest BCUT2D eigenvalue weighted by Gasteiger charge is -2.55. The lowest BCUT2D eigenvalue weighted by atomic mass is 9.50. The smallest absolute Gasteiger partial charge is 0.0568 e. The lowest BCUT2D eigenvalue weighted by molar-refractivity contribution is -0.0951.